The molecule has 0 saturated heterocycles. The molecule has 1 fully saturated rings. The molecule has 68 valence electrons. The minimum atomic E-state index is 0.119. The van der Waals surface area contributed by atoms with Gasteiger partial charge in [0.1, 0.15) is 0 Å². The third-order valence-electron chi connectivity index (χ3n) is 3.29. The van der Waals surface area contributed by atoms with E-state index in [9.17, 15) is 4.79 Å². The fraction of sp³-hybridized carbons (Fsp3) is 0.500. The van der Waals surface area contributed by atoms with Crippen molar-refractivity contribution in [3.05, 3.63) is 21.9 Å². The van der Waals surface area contributed by atoms with E-state index in [1.807, 2.05) is 11.4 Å². The summed E-state index contributed by atoms with van der Waals surface area (Å²) in [5, 5.41) is 5.02. The molecule has 2 heterocycles. The van der Waals surface area contributed by atoms with Gasteiger partial charge < -0.3 is 5.32 Å². The lowest BCUT2D eigenvalue weighted by atomic mass is 9.65. The Morgan fingerprint density at radius 1 is 1.46 bits per heavy atom. The van der Waals surface area contributed by atoms with Gasteiger partial charge in [-0.2, -0.15) is 0 Å². The van der Waals surface area contributed by atoms with E-state index in [0.717, 1.165) is 12.1 Å². The van der Waals surface area contributed by atoms with Crippen molar-refractivity contribution >= 4 is 17.2 Å². The third kappa shape index (κ3) is 0.854. The van der Waals surface area contributed by atoms with Crippen LogP contribution in [0, 0.1) is 0 Å². The van der Waals surface area contributed by atoms with Crippen LogP contribution in [-0.2, 0) is 5.41 Å². The summed E-state index contributed by atoms with van der Waals surface area (Å²) >= 11 is 1.75. The molecule has 3 heteroatoms. The van der Waals surface area contributed by atoms with E-state index >= 15 is 0 Å². The molecular weight excluding hydrogens is 182 g/mol. The Kier molecular flexibility index (Phi) is 1.37. The summed E-state index contributed by atoms with van der Waals surface area (Å²) in [7, 11) is 0. The molecule has 0 atom stereocenters. The van der Waals surface area contributed by atoms with Gasteiger partial charge in [-0.1, -0.05) is 6.42 Å². The first kappa shape index (κ1) is 7.56. The average molecular weight is 193 g/mol. The number of rotatable bonds is 0. The molecule has 13 heavy (non-hydrogen) atoms. The van der Waals surface area contributed by atoms with Gasteiger partial charge in [0.05, 0.1) is 5.56 Å². The summed E-state index contributed by atoms with van der Waals surface area (Å²) in [6.07, 6.45) is 3.81. The maximum absolute atomic E-state index is 11.5. The van der Waals surface area contributed by atoms with Gasteiger partial charge in [0, 0.05) is 16.8 Å². The zero-order valence-corrected chi connectivity index (χ0v) is 8.12. The van der Waals surface area contributed by atoms with Crippen LogP contribution in [0.3, 0.4) is 0 Å². The van der Waals surface area contributed by atoms with E-state index < -0.39 is 0 Å². The normalized spacial score (nSPS) is 23.5. The van der Waals surface area contributed by atoms with E-state index in [4.69, 9.17) is 0 Å². The molecule has 2 nitrogen and oxygen atoms in total. The lowest BCUT2D eigenvalue weighted by molar-refractivity contribution is 0.0900. The van der Waals surface area contributed by atoms with Gasteiger partial charge in [-0.05, 0) is 24.3 Å². The Hall–Kier alpha value is -0.830. The van der Waals surface area contributed by atoms with E-state index in [1.165, 1.54) is 24.1 Å². The molecule has 1 saturated carbocycles. The molecular formula is C10H11NOS. The summed E-state index contributed by atoms with van der Waals surface area (Å²) in [5.74, 6) is 0.119. The SMILES string of the molecule is O=C1NCC2(CCC2)c2sccc21. The van der Waals surface area contributed by atoms with Gasteiger partial charge in [-0.15, -0.1) is 11.3 Å². The van der Waals surface area contributed by atoms with Gasteiger partial charge in [0.15, 0.2) is 0 Å². The molecule has 0 unspecified atom stereocenters. The summed E-state index contributed by atoms with van der Waals surface area (Å²) in [5.41, 5.74) is 1.26. The molecule has 1 aliphatic heterocycles. The Bertz CT molecular complexity index is 365. The topological polar surface area (TPSA) is 29.1 Å². The largest absolute Gasteiger partial charge is 0.351 e. The number of nitrogens with one attached hydrogen (secondary N) is 1. The van der Waals surface area contributed by atoms with Crippen LogP contribution in [0.25, 0.3) is 0 Å². The molecule has 2 aliphatic rings. The van der Waals surface area contributed by atoms with Crippen LogP contribution >= 0.6 is 11.3 Å². The van der Waals surface area contributed by atoms with Crippen LogP contribution in [0.15, 0.2) is 11.4 Å². The van der Waals surface area contributed by atoms with Crippen molar-refractivity contribution in [3.8, 4) is 0 Å². The van der Waals surface area contributed by atoms with E-state index in [0.29, 0.717) is 5.41 Å². The van der Waals surface area contributed by atoms with Gasteiger partial charge in [-0.3, -0.25) is 4.79 Å². The Morgan fingerprint density at radius 2 is 2.31 bits per heavy atom. The van der Waals surface area contributed by atoms with E-state index in [2.05, 4.69) is 5.32 Å². The third-order valence-corrected chi connectivity index (χ3v) is 4.45. The minimum absolute atomic E-state index is 0.119. The zero-order chi connectivity index (χ0) is 8.89. The van der Waals surface area contributed by atoms with Crippen LogP contribution in [0.1, 0.15) is 34.5 Å². The lowest BCUT2D eigenvalue weighted by Crippen LogP contribution is -2.49. The molecule has 1 aromatic heterocycles. The fourth-order valence-corrected chi connectivity index (χ4v) is 3.49. The number of hydrogen-bond acceptors (Lipinski definition) is 2. The molecule has 0 aromatic carbocycles. The molecule has 1 spiro atoms. The summed E-state index contributed by atoms with van der Waals surface area (Å²) in [4.78, 5) is 12.8. The predicted molar refractivity (Wildman–Crippen MR) is 52.2 cm³/mol. The van der Waals surface area contributed by atoms with Crippen molar-refractivity contribution in [2.75, 3.05) is 6.54 Å². The van der Waals surface area contributed by atoms with Crippen LogP contribution in [0.2, 0.25) is 0 Å². The highest BCUT2D eigenvalue weighted by Gasteiger charge is 2.44. The molecule has 1 aromatic rings. The van der Waals surface area contributed by atoms with E-state index in [-0.39, 0.29) is 5.91 Å². The average Bonchev–Trinajstić information content (AvgIpc) is 2.51. The van der Waals surface area contributed by atoms with Crippen LogP contribution in [0.4, 0.5) is 0 Å². The van der Waals surface area contributed by atoms with Gasteiger partial charge in [0.25, 0.3) is 5.91 Å². The standard InChI is InChI=1S/C10H11NOS/c12-9-7-2-5-13-8(7)10(6-11-9)3-1-4-10/h2,5H,1,3-4,6H2,(H,11,12). The van der Waals surface area contributed by atoms with Crippen LogP contribution in [-0.4, -0.2) is 12.5 Å². The summed E-state index contributed by atoms with van der Waals surface area (Å²) in [6, 6.07) is 1.95. The van der Waals surface area contributed by atoms with Gasteiger partial charge >= 0.3 is 0 Å². The monoisotopic (exact) mass is 193 g/mol. The van der Waals surface area contributed by atoms with Crippen molar-refractivity contribution in [2.24, 2.45) is 0 Å². The van der Waals surface area contributed by atoms with E-state index in [1.54, 1.807) is 11.3 Å². The molecule has 0 bridgehead atoms. The van der Waals surface area contributed by atoms with Gasteiger partial charge in [0.2, 0.25) is 0 Å². The fourth-order valence-electron chi connectivity index (χ4n) is 2.33. The summed E-state index contributed by atoms with van der Waals surface area (Å²) < 4.78 is 0. The molecule has 3 rings (SSSR count). The highest BCUT2D eigenvalue weighted by Crippen LogP contribution is 2.48. The molecule has 1 aliphatic carbocycles. The number of fused-ring (bicyclic) bond motifs is 2. The second kappa shape index (κ2) is 2.35. The first-order chi connectivity index (χ1) is 6.32. The van der Waals surface area contributed by atoms with Crippen LogP contribution < -0.4 is 5.32 Å². The summed E-state index contributed by atoms with van der Waals surface area (Å²) in [6.45, 7) is 0.860. The maximum Gasteiger partial charge on any atom is 0.252 e. The Balaban J connectivity index is 2.14. The van der Waals surface area contributed by atoms with Crippen LogP contribution in [0.5, 0.6) is 0 Å². The maximum atomic E-state index is 11.5. The Labute approximate surface area is 81.0 Å². The molecule has 0 radical (unpaired) electrons. The highest BCUT2D eigenvalue weighted by atomic mass is 32.1. The predicted octanol–water partition coefficient (Wildman–Crippen LogP) is 1.91. The van der Waals surface area contributed by atoms with Crippen molar-refractivity contribution in [2.45, 2.75) is 24.7 Å². The smallest absolute Gasteiger partial charge is 0.252 e. The second-order valence-corrected chi connectivity index (χ2v) is 4.90. The number of hydrogen-bond donors (Lipinski definition) is 1. The quantitative estimate of drug-likeness (QED) is 0.670. The number of amides is 1. The Morgan fingerprint density at radius 3 is 3.00 bits per heavy atom. The van der Waals surface area contributed by atoms with Crippen molar-refractivity contribution in [1.29, 1.82) is 0 Å². The molecule has 1 N–H and O–H groups in total. The second-order valence-electron chi connectivity index (χ2n) is 3.98. The first-order valence-electron chi connectivity index (χ1n) is 4.68. The van der Waals surface area contributed by atoms with Crippen molar-refractivity contribution < 1.29 is 4.79 Å². The number of thiophene rings is 1. The van der Waals surface area contributed by atoms with Gasteiger partial charge in [-0.25, -0.2) is 0 Å². The zero-order valence-electron chi connectivity index (χ0n) is 7.30. The minimum Gasteiger partial charge on any atom is -0.351 e. The molecule has 1 amide bonds. The highest BCUT2D eigenvalue weighted by molar-refractivity contribution is 7.10. The number of carbonyl (C=O) groups excluding carboxylic acids is 1. The lowest BCUT2D eigenvalue weighted by Gasteiger charge is -2.44. The first-order valence-corrected chi connectivity index (χ1v) is 5.56. The number of carbonyl (C=O) groups is 1. The van der Waals surface area contributed by atoms with Crippen molar-refractivity contribution in [3.63, 3.8) is 0 Å². The van der Waals surface area contributed by atoms with Crippen molar-refractivity contribution in [1.82, 2.24) is 5.32 Å².